The van der Waals surface area contributed by atoms with Crippen LogP contribution in [-0.2, 0) is 9.53 Å². The van der Waals surface area contributed by atoms with Gasteiger partial charge in [0.2, 0.25) is 5.82 Å². The molecular weight excluding hydrogens is 382 g/mol. The van der Waals surface area contributed by atoms with Crippen LogP contribution in [0.5, 0.6) is 5.75 Å². The van der Waals surface area contributed by atoms with Crippen LogP contribution in [0.15, 0.2) is 47.0 Å². The Morgan fingerprint density at radius 3 is 2.70 bits per heavy atom. The van der Waals surface area contributed by atoms with E-state index in [1.54, 1.807) is 24.3 Å². The van der Waals surface area contributed by atoms with Gasteiger partial charge >= 0.3 is 5.97 Å². The highest BCUT2D eigenvalue weighted by Gasteiger charge is 2.15. The molecule has 0 N–H and O–H groups in total. The molecule has 0 spiro atoms. The lowest BCUT2D eigenvalue weighted by Crippen LogP contribution is -2.06. The quantitative estimate of drug-likeness (QED) is 0.439. The van der Waals surface area contributed by atoms with E-state index in [9.17, 15) is 10.1 Å². The monoisotopic (exact) mass is 403 g/mol. The number of aromatic nitrogens is 2. The Morgan fingerprint density at radius 1 is 1.23 bits per heavy atom. The molecule has 0 aliphatic carbocycles. The molecule has 0 amide bonds. The molecule has 3 aromatic rings. The lowest BCUT2D eigenvalue weighted by atomic mass is 10.0. The standard InChI is InChI=1S/C23H21N3O4/c1-14(2)29-20-9-7-17(12-18(20)13-24)23-25-22(26-30-23)19-8-5-16(11-15(19)3)6-10-21(27)28-4/h5-12,14H,1-4H3. The molecule has 0 radical (unpaired) electrons. The first-order chi connectivity index (χ1) is 14.4. The number of rotatable bonds is 6. The number of methoxy groups -OCH3 is 1. The number of carbonyl (C=O) groups excluding carboxylic acids is 1. The topological polar surface area (TPSA) is 98.2 Å². The van der Waals surface area contributed by atoms with E-state index in [0.29, 0.717) is 28.6 Å². The summed E-state index contributed by atoms with van der Waals surface area (Å²) in [6.07, 6.45) is 3.00. The van der Waals surface area contributed by atoms with Crippen LogP contribution in [0.3, 0.4) is 0 Å². The molecule has 7 heteroatoms. The second-order valence-corrected chi connectivity index (χ2v) is 6.84. The van der Waals surface area contributed by atoms with E-state index in [-0.39, 0.29) is 6.10 Å². The highest BCUT2D eigenvalue weighted by atomic mass is 16.5. The first kappa shape index (κ1) is 20.8. The van der Waals surface area contributed by atoms with Gasteiger partial charge in [-0.3, -0.25) is 0 Å². The summed E-state index contributed by atoms with van der Waals surface area (Å²) in [5, 5.41) is 13.5. The summed E-state index contributed by atoms with van der Waals surface area (Å²) in [6.45, 7) is 5.73. The minimum atomic E-state index is -0.416. The van der Waals surface area contributed by atoms with Gasteiger partial charge in [0.15, 0.2) is 0 Å². The zero-order valence-electron chi connectivity index (χ0n) is 17.2. The number of nitriles is 1. The van der Waals surface area contributed by atoms with E-state index >= 15 is 0 Å². The lowest BCUT2D eigenvalue weighted by molar-refractivity contribution is -0.134. The number of esters is 1. The van der Waals surface area contributed by atoms with Crippen LogP contribution in [0.25, 0.3) is 28.9 Å². The van der Waals surface area contributed by atoms with Gasteiger partial charge in [-0.1, -0.05) is 23.4 Å². The van der Waals surface area contributed by atoms with Gasteiger partial charge in [0.1, 0.15) is 11.8 Å². The summed E-state index contributed by atoms with van der Waals surface area (Å²) < 4.78 is 15.7. The number of benzene rings is 2. The minimum absolute atomic E-state index is 0.0358. The Morgan fingerprint density at radius 2 is 2.03 bits per heavy atom. The van der Waals surface area contributed by atoms with Crippen molar-refractivity contribution < 1.29 is 18.8 Å². The molecule has 0 saturated heterocycles. The van der Waals surface area contributed by atoms with Gasteiger partial charge in [0, 0.05) is 17.2 Å². The smallest absolute Gasteiger partial charge is 0.330 e. The maximum atomic E-state index is 11.2. The summed E-state index contributed by atoms with van der Waals surface area (Å²) in [5.41, 5.74) is 3.62. The van der Waals surface area contributed by atoms with Gasteiger partial charge in [0.25, 0.3) is 5.89 Å². The summed E-state index contributed by atoms with van der Waals surface area (Å²) in [7, 11) is 1.33. The Hall–Kier alpha value is -3.92. The fourth-order valence-corrected chi connectivity index (χ4v) is 2.83. The molecule has 30 heavy (non-hydrogen) atoms. The molecule has 0 bridgehead atoms. The molecule has 2 aromatic carbocycles. The number of ether oxygens (including phenoxy) is 2. The Labute approximate surface area is 174 Å². The third-order valence-corrected chi connectivity index (χ3v) is 4.24. The summed E-state index contributed by atoms with van der Waals surface area (Å²) in [4.78, 5) is 15.7. The van der Waals surface area contributed by atoms with Crippen LogP contribution in [0.4, 0.5) is 0 Å². The van der Waals surface area contributed by atoms with Crippen molar-refractivity contribution >= 4 is 12.0 Å². The average Bonchev–Trinajstić information content (AvgIpc) is 3.21. The number of hydrogen-bond acceptors (Lipinski definition) is 7. The van der Waals surface area contributed by atoms with Gasteiger partial charge in [-0.2, -0.15) is 10.2 Å². The van der Waals surface area contributed by atoms with Crippen LogP contribution in [0.1, 0.15) is 30.5 Å². The minimum Gasteiger partial charge on any atom is -0.490 e. The van der Waals surface area contributed by atoms with Crippen molar-refractivity contribution in [1.82, 2.24) is 10.1 Å². The molecule has 3 rings (SSSR count). The molecule has 0 fully saturated rings. The van der Waals surface area contributed by atoms with Crippen LogP contribution >= 0.6 is 0 Å². The van der Waals surface area contributed by atoms with Crippen LogP contribution in [0.2, 0.25) is 0 Å². The van der Waals surface area contributed by atoms with Crippen molar-refractivity contribution in [2.45, 2.75) is 26.9 Å². The molecule has 0 aliphatic heterocycles. The fraction of sp³-hybridized carbons (Fsp3) is 0.217. The molecule has 152 valence electrons. The Balaban J connectivity index is 1.87. The molecular formula is C23H21N3O4. The number of aryl methyl sites for hydroxylation is 1. The van der Waals surface area contributed by atoms with Crippen molar-refractivity contribution in [2.75, 3.05) is 7.11 Å². The molecule has 1 heterocycles. The van der Waals surface area contributed by atoms with Crippen molar-refractivity contribution in [3.8, 4) is 34.7 Å². The summed E-state index contributed by atoms with van der Waals surface area (Å²) in [6, 6.07) is 12.9. The molecule has 1 aromatic heterocycles. The van der Waals surface area contributed by atoms with Crippen molar-refractivity contribution in [3.05, 3.63) is 59.2 Å². The van der Waals surface area contributed by atoms with Crippen LogP contribution in [0, 0.1) is 18.3 Å². The van der Waals surface area contributed by atoms with Crippen molar-refractivity contribution in [2.24, 2.45) is 0 Å². The molecule has 0 atom stereocenters. The van der Waals surface area contributed by atoms with E-state index in [1.165, 1.54) is 13.2 Å². The van der Waals surface area contributed by atoms with E-state index in [4.69, 9.17) is 9.26 Å². The maximum absolute atomic E-state index is 11.2. The van der Waals surface area contributed by atoms with Gasteiger partial charge in [-0.05, 0) is 56.2 Å². The largest absolute Gasteiger partial charge is 0.490 e. The van der Waals surface area contributed by atoms with Crippen molar-refractivity contribution in [1.29, 1.82) is 5.26 Å². The fourth-order valence-electron chi connectivity index (χ4n) is 2.83. The lowest BCUT2D eigenvalue weighted by Gasteiger charge is -2.11. The Kier molecular flexibility index (Phi) is 6.28. The number of hydrogen-bond donors (Lipinski definition) is 0. The second-order valence-electron chi connectivity index (χ2n) is 6.84. The predicted octanol–water partition coefficient (Wildman–Crippen LogP) is 4.56. The van der Waals surface area contributed by atoms with Crippen molar-refractivity contribution in [3.63, 3.8) is 0 Å². The molecule has 7 nitrogen and oxygen atoms in total. The van der Waals surface area contributed by atoms with Gasteiger partial charge in [-0.15, -0.1) is 0 Å². The first-order valence-electron chi connectivity index (χ1n) is 9.33. The predicted molar refractivity (Wildman–Crippen MR) is 111 cm³/mol. The highest BCUT2D eigenvalue weighted by molar-refractivity contribution is 5.87. The average molecular weight is 403 g/mol. The van der Waals surface area contributed by atoms with Crippen LogP contribution < -0.4 is 4.74 Å². The first-order valence-corrected chi connectivity index (χ1v) is 9.33. The number of nitrogens with zero attached hydrogens (tertiary/aromatic N) is 3. The second kappa shape index (κ2) is 9.05. The van der Waals surface area contributed by atoms with Gasteiger partial charge < -0.3 is 14.0 Å². The zero-order chi connectivity index (χ0) is 21.7. The SMILES string of the molecule is COC(=O)C=Cc1ccc(-c2noc(-c3ccc(OC(C)C)c(C#N)c3)n2)c(C)c1. The Bertz CT molecular complexity index is 1140. The van der Waals surface area contributed by atoms with E-state index < -0.39 is 5.97 Å². The third-order valence-electron chi connectivity index (χ3n) is 4.24. The van der Waals surface area contributed by atoms with E-state index in [1.807, 2.05) is 39.0 Å². The van der Waals surface area contributed by atoms with Gasteiger partial charge in [-0.25, -0.2) is 4.79 Å². The maximum Gasteiger partial charge on any atom is 0.330 e. The molecule has 0 unspecified atom stereocenters. The zero-order valence-corrected chi connectivity index (χ0v) is 17.2. The molecule has 0 saturated carbocycles. The summed E-state index contributed by atoms with van der Waals surface area (Å²) >= 11 is 0. The molecule has 0 aliphatic rings. The van der Waals surface area contributed by atoms with E-state index in [2.05, 4.69) is 20.9 Å². The van der Waals surface area contributed by atoms with Crippen LogP contribution in [-0.4, -0.2) is 29.3 Å². The highest BCUT2D eigenvalue weighted by Crippen LogP contribution is 2.29. The van der Waals surface area contributed by atoms with Gasteiger partial charge in [0.05, 0.1) is 18.8 Å². The summed E-state index contributed by atoms with van der Waals surface area (Å²) in [5.74, 6) is 0.849. The third kappa shape index (κ3) is 4.73. The number of carbonyl (C=O) groups is 1. The normalized spacial score (nSPS) is 10.9. The van der Waals surface area contributed by atoms with E-state index in [0.717, 1.165) is 16.7 Å².